The Kier molecular flexibility index (Phi) is 5.42. The Bertz CT molecular complexity index is 988. The number of rotatable bonds is 6. The van der Waals surface area contributed by atoms with Gasteiger partial charge in [0, 0.05) is 61.8 Å². The summed E-state index contributed by atoms with van der Waals surface area (Å²) in [5.41, 5.74) is 1.72. The van der Waals surface area contributed by atoms with Crippen molar-refractivity contribution in [3.63, 3.8) is 0 Å². The molecule has 1 unspecified atom stereocenters. The van der Waals surface area contributed by atoms with Crippen LogP contribution in [0, 0.1) is 17.8 Å². The smallest absolute Gasteiger partial charge is 0.254 e. The number of hydrogen-bond acceptors (Lipinski definition) is 3. The molecular weight excluding hydrogens is 392 g/mol. The van der Waals surface area contributed by atoms with E-state index in [9.17, 15) is 14.4 Å². The minimum Gasteiger partial charge on any atom is -0.361 e. The first-order valence-corrected chi connectivity index (χ1v) is 11.5. The van der Waals surface area contributed by atoms with Crippen LogP contribution in [0.15, 0.2) is 30.5 Å². The standard InChI is InChI=1S/C24H30N4O3/c29-22-12-18(23(30)26-13-16-4-5-16)15-28(22)14-17-7-10-27(11-8-17)24(31)20-2-1-3-21-19(20)6-9-25-21/h1-3,6,9,16-18,25H,4-5,7-8,10-15H2,(H,26,30). The van der Waals surface area contributed by atoms with Crippen LogP contribution in [-0.2, 0) is 9.59 Å². The summed E-state index contributed by atoms with van der Waals surface area (Å²) in [5, 5.41) is 3.97. The molecule has 3 amide bonds. The molecule has 1 aromatic heterocycles. The molecule has 0 radical (unpaired) electrons. The molecule has 2 aromatic rings. The molecule has 1 atom stereocenters. The topological polar surface area (TPSA) is 85.5 Å². The summed E-state index contributed by atoms with van der Waals surface area (Å²) < 4.78 is 0. The summed E-state index contributed by atoms with van der Waals surface area (Å²) in [6.07, 6.45) is 6.37. The summed E-state index contributed by atoms with van der Waals surface area (Å²) in [5.74, 6) is 1.01. The van der Waals surface area contributed by atoms with Crippen LogP contribution >= 0.6 is 0 Å². The molecule has 2 aliphatic heterocycles. The van der Waals surface area contributed by atoms with Gasteiger partial charge in [0.15, 0.2) is 0 Å². The fourth-order valence-electron chi connectivity index (χ4n) is 4.91. The number of benzene rings is 1. The second-order valence-electron chi connectivity index (χ2n) is 9.37. The third-order valence-corrected chi connectivity index (χ3v) is 7.05. The van der Waals surface area contributed by atoms with E-state index in [2.05, 4.69) is 10.3 Å². The van der Waals surface area contributed by atoms with Gasteiger partial charge in [-0.15, -0.1) is 0 Å². The molecule has 3 fully saturated rings. The van der Waals surface area contributed by atoms with E-state index in [0.29, 0.717) is 44.4 Å². The lowest BCUT2D eigenvalue weighted by atomic mass is 9.95. The average Bonchev–Trinajstić information content (AvgIpc) is 3.36. The van der Waals surface area contributed by atoms with Crippen LogP contribution in [0.25, 0.3) is 10.9 Å². The molecule has 3 aliphatic rings. The highest BCUT2D eigenvalue weighted by atomic mass is 16.2. The number of amides is 3. The van der Waals surface area contributed by atoms with Crippen LogP contribution in [0.4, 0.5) is 0 Å². The molecule has 2 N–H and O–H groups in total. The number of nitrogens with zero attached hydrogens (tertiary/aromatic N) is 2. The minimum absolute atomic E-state index is 0.0297. The molecule has 164 valence electrons. The van der Waals surface area contributed by atoms with Crippen LogP contribution in [0.2, 0.25) is 0 Å². The predicted molar refractivity (Wildman–Crippen MR) is 117 cm³/mol. The van der Waals surface area contributed by atoms with Crippen molar-refractivity contribution < 1.29 is 14.4 Å². The van der Waals surface area contributed by atoms with E-state index in [1.165, 1.54) is 12.8 Å². The van der Waals surface area contributed by atoms with Gasteiger partial charge in [0.2, 0.25) is 11.8 Å². The highest BCUT2D eigenvalue weighted by Gasteiger charge is 2.36. The zero-order chi connectivity index (χ0) is 21.4. The Hall–Kier alpha value is -2.83. The molecule has 1 saturated carbocycles. The number of hydrogen-bond donors (Lipinski definition) is 2. The number of nitrogens with one attached hydrogen (secondary N) is 2. The number of carbonyl (C=O) groups excluding carboxylic acids is 3. The number of piperidine rings is 1. The van der Waals surface area contributed by atoms with Crippen molar-refractivity contribution in [2.75, 3.05) is 32.7 Å². The molecule has 1 aromatic carbocycles. The Labute approximate surface area is 182 Å². The number of fused-ring (bicyclic) bond motifs is 1. The molecule has 2 saturated heterocycles. The number of carbonyl (C=O) groups is 3. The maximum Gasteiger partial charge on any atom is 0.254 e. The van der Waals surface area contributed by atoms with Crippen molar-refractivity contribution in [1.29, 1.82) is 0 Å². The maximum atomic E-state index is 13.0. The number of aromatic amines is 1. The largest absolute Gasteiger partial charge is 0.361 e. The molecule has 31 heavy (non-hydrogen) atoms. The lowest BCUT2D eigenvalue weighted by Crippen LogP contribution is -2.42. The van der Waals surface area contributed by atoms with E-state index in [-0.39, 0.29) is 23.6 Å². The lowest BCUT2D eigenvalue weighted by molar-refractivity contribution is -0.129. The molecule has 0 bridgehead atoms. The summed E-state index contributed by atoms with van der Waals surface area (Å²) >= 11 is 0. The molecule has 7 heteroatoms. The molecule has 7 nitrogen and oxygen atoms in total. The highest BCUT2D eigenvalue weighted by Crippen LogP contribution is 2.29. The number of H-pyrrole nitrogens is 1. The first kappa shape index (κ1) is 20.1. The quantitative estimate of drug-likeness (QED) is 0.750. The lowest BCUT2D eigenvalue weighted by Gasteiger charge is -2.34. The van der Waals surface area contributed by atoms with Crippen molar-refractivity contribution in [2.24, 2.45) is 17.8 Å². The van der Waals surface area contributed by atoms with Gasteiger partial charge < -0.3 is 20.1 Å². The van der Waals surface area contributed by atoms with Gasteiger partial charge in [-0.25, -0.2) is 0 Å². The molecule has 5 rings (SSSR count). The van der Waals surface area contributed by atoms with Gasteiger partial charge in [-0.2, -0.15) is 0 Å². The van der Waals surface area contributed by atoms with E-state index in [4.69, 9.17) is 0 Å². The van der Waals surface area contributed by atoms with Crippen LogP contribution in [0.5, 0.6) is 0 Å². The second kappa shape index (κ2) is 8.36. The fraction of sp³-hybridized carbons (Fsp3) is 0.542. The van der Waals surface area contributed by atoms with Crippen LogP contribution < -0.4 is 5.32 Å². The minimum atomic E-state index is -0.213. The zero-order valence-corrected chi connectivity index (χ0v) is 17.8. The van der Waals surface area contributed by atoms with Gasteiger partial charge >= 0.3 is 0 Å². The van der Waals surface area contributed by atoms with Gasteiger partial charge in [-0.05, 0) is 55.7 Å². The summed E-state index contributed by atoms with van der Waals surface area (Å²) in [4.78, 5) is 44.8. The van der Waals surface area contributed by atoms with Crippen molar-refractivity contribution in [3.05, 3.63) is 36.0 Å². The Morgan fingerprint density at radius 3 is 2.65 bits per heavy atom. The van der Waals surface area contributed by atoms with E-state index in [0.717, 1.165) is 35.9 Å². The molecule has 0 spiro atoms. The van der Waals surface area contributed by atoms with Crippen molar-refractivity contribution in [1.82, 2.24) is 20.1 Å². The second-order valence-corrected chi connectivity index (χ2v) is 9.37. The first-order chi connectivity index (χ1) is 15.1. The van der Waals surface area contributed by atoms with Crippen LogP contribution in [0.1, 0.15) is 42.5 Å². The van der Waals surface area contributed by atoms with Crippen molar-refractivity contribution in [2.45, 2.75) is 32.1 Å². The number of aromatic nitrogens is 1. The predicted octanol–water partition coefficient (Wildman–Crippen LogP) is 2.39. The van der Waals surface area contributed by atoms with Gasteiger partial charge in [0.25, 0.3) is 5.91 Å². The Morgan fingerprint density at radius 2 is 1.87 bits per heavy atom. The van der Waals surface area contributed by atoms with E-state index < -0.39 is 0 Å². The maximum absolute atomic E-state index is 13.0. The van der Waals surface area contributed by atoms with Crippen molar-refractivity contribution >= 4 is 28.6 Å². The SMILES string of the molecule is O=C(NCC1CC1)C1CC(=O)N(CC2CCN(C(=O)c3cccc4[nH]ccc34)CC2)C1. The van der Waals surface area contributed by atoms with Gasteiger partial charge in [0.1, 0.15) is 0 Å². The average molecular weight is 423 g/mol. The monoisotopic (exact) mass is 422 g/mol. The Balaban J connectivity index is 1.12. The summed E-state index contributed by atoms with van der Waals surface area (Å²) in [6.45, 7) is 3.40. The van der Waals surface area contributed by atoms with Crippen LogP contribution in [0.3, 0.4) is 0 Å². The fourth-order valence-corrected chi connectivity index (χ4v) is 4.91. The van der Waals surface area contributed by atoms with E-state index in [1.807, 2.05) is 40.3 Å². The number of likely N-dealkylation sites (tertiary alicyclic amines) is 2. The third kappa shape index (κ3) is 4.31. The summed E-state index contributed by atoms with van der Waals surface area (Å²) in [6, 6.07) is 7.73. The van der Waals surface area contributed by atoms with Crippen LogP contribution in [-0.4, -0.2) is 65.2 Å². The van der Waals surface area contributed by atoms with E-state index in [1.54, 1.807) is 0 Å². The van der Waals surface area contributed by atoms with Gasteiger partial charge in [-0.3, -0.25) is 14.4 Å². The zero-order valence-electron chi connectivity index (χ0n) is 17.8. The van der Waals surface area contributed by atoms with Gasteiger partial charge in [-0.1, -0.05) is 6.07 Å². The molecular formula is C24H30N4O3. The first-order valence-electron chi connectivity index (χ1n) is 11.5. The summed E-state index contributed by atoms with van der Waals surface area (Å²) in [7, 11) is 0. The third-order valence-electron chi connectivity index (χ3n) is 7.05. The molecule has 1 aliphatic carbocycles. The van der Waals surface area contributed by atoms with E-state index >= 15 is 0 Å². The van der Waals surface area contributed by atoms with Crippen molar-refractivity contribution in [3.8, 4) is 0 Å². The normalized spacial score (nSPS) is 22.3. The highest BCUT2D eigenvalue weighted by molar-refractivity contribution is 6.06. The molecule has 3 heterocycles. The van der Waals surface area contributed by atoms with Gasteiger partial charge in [0.05, 0.1) is 5.92 Å². The Morgan fingerprint density at radius 1 is 1.06 bits per heavy atom.